The number of morpholine rings is 1. The molecule has 1 amide bonds. The number of hydrogen-bond donors (Lipinski definition) is 1. The monoisotopic (exact) mass is 415 g/mol. The second kappa shape index (κ2) is 8.14. The molecule has 152 valence electrons. The Morgan fingerprint density at radius 3 is 2.36 bits per heavy atom. The maximum absolute atomic E-state index is 13.9. The fourth-order valence-corrected chi connectivity index (χ4v) is 3.70. The van der Waals surface area contributed by atoms with Gasteiger partial charge in [-0.15, -0.1) is 0 Å². The summed E-state index contributed by atoms with van der Waals surface area (Å²) < 4.78 is 47.9. The third kappa shape index (κ3) is 3.90. The van der Waals surface area contributed by atoms with Gasteiger partial charge in [-0.25, -0.2) is 0 Å². The summed E-state index contributed by atoms with van der Waals surface area (Å²) in [5.74, 6) is -0.458. The molecule has 2 N–H and O–H groups in total. The van der Waals surface area contributed by atoms with E-state index in [0.717, 1.165) is 4.57 Å². The number of carbonyl (C=O) groups excluding carboxylic acids is 1. The van der Waals surface area contributed by atoms with E-state index < -0.39 is 17.8 Å². The molecule has 0 aliphatic carbocycles. The number of benzene rings is 1. The molecular weight excluding hydrogens is 395 g/mol. The van der Waals surface area contributed by atoms with E-state index in [1.807, 2.05) is 0 Å². The average molecular weight is 416 g/mol. The summed E-state index contributed by atoms with van der Waals surface area (Å²) in [6, 6.07) is 6.42. The van der Waals surface area contributed by atoms with Crippen molar-refractivity contribution in [3.05, 3.63) is 46.2 Å². The highest BCUT2D eigenvalue weighted by molar-refractivity contribution is 6.30. The van der Waals surface area contributed by atoms with Gasteiger partial charge in [-0.1, -0.05) is 23.7 Å². The van der Waals surface area contributed by atoms with Crippen molar-refractivity contribution >= 4 is 17.5 Å². The van der Waals surface area contributed by atoms with Crippen molar-refractivity contribution in [2.75, 3.05) is 32.8 Å². The molecule has 3 rings (SSSR count). The number of nitrogens with zero attached hydrogens (tertiary/aromatic N) is 2. The Kier molecular flexibility index (Phi) is 6.02. The molecule has 2 aromatic rings. The van der Waals surface area contributed by atoms with Crippen LogP contribution in [-0.2, 0) is 17.5 Å². The van der Waals surface area contributed by atoms with Crippen LogP contribution in [0.4, 0.5) is 13.2 Å². The molecule has 1 aromatic heterocycles. The topological polar surface area (TPSA) is 60.5 Å². The number of rotatable bonds is 4. The van der Waals surface area contributed by atoms with Gasteiger partial charge in [-0.05, 0) is 30.2 Å². The number of aromatic nitrogens is 1. The lowest BCUT2D eigenvalue weighted by atomic mass is 10.00. The minimum atomic E-state index is -4.62. The Balaban J connectivity index is 2.26. The van der Waals surface area contributed by atoms with Crippen LogP contribution in [0.3, 0.4) is 0 Å². The lowest BCUT2D eigenvalue weighted by Gasteiger charge is -2.28. The van der Waals surface area contributed by atoms with Crippen LogP contribution in [0.15, 0.2) is 24.3 Å². The van der Waals surface area contributed by atoms with Crippen molar-refractivity contribution in [2.45, 2.75) is 19.6 Å². The van der Waals surface area contributed by atoms with Gasteiger partial charge in [0, 0.05) is 36.8 Å². The van der Waals surface area contributed by atoms with Gasteiger partial charge < -0.3 is 19.9 Å². The van der Waals surface area contributed by atoms with Crippen LogP contribution in [0.5, 0.6) is 0 Å². The predicted octanol–water partition coefficient (Wildman–Crippen LogP) is 3.57. The average Bonchev–Trinajstić information content (AvgIpc) is 2.95. The maximum atomic E-state index is 13.9. The lowest BCUT2D eigenvalue weighted by molar-refractivity contribution is -0.144. The molecule has 0 bridgehead atoms. The highest BCUT2D eigenvalue weighted by Gasteiger charge is 2.41. The molecule has 1 aliphatic rings. The first-order valence-corrected chi connectivity index (χ1v) is 9.26. The fraction of sp³-hybridized carbons (Fsp3) is 0.421. The lowest BCUT2D eigenvalue weighted by Crippen LogP contribution is -2.42. The van der Waals surface area contributed by atoms with E-state index in [4.69, 9.17) is 22.1 Å². The van der Waals surface area contributed by atoms with Crippen molar-refractivity contribution in [2.24, 2.45) is 5.73 Å². The van der Waals surface area contributed by atoms with Crippen LogP contribution in [0, 0.1) is 6.92 Å². The van der Waals surface area contributed by atoms with Crippen LogP contribution in [0.2, 0.25) is 5.02 Å². The third-order valence-electron chi connectivity index (χ3n) is 4.76. The van der Waals surface area contributed by atoms with Crippen molar-refractivity contribution in [3.63, 3.8) is 0 Å². The molecule has 28 heavy (non-hydrogen) atoms. The highest BCUT2D eigenvalue weighted by Crippen LogP contribution is 2.41. The normalized spacial score (nSPS) is 15.1. The van der Waals surface area contributed by atoms with Crippen LogP contribution in [0.1, 0.15) is 21.7 Å². The van der Waals surface area contributed by atoms with Gasteiger partial charge >= 0.3 is 6.18 Å². The van der Waals surface area contributed by atoms with Crippen LogP contribution in [-0.4, -0.2) is 48.2 Å². The number of halogens is 4. The zero-order valence-electron chi connectivity index (χ0n) is 15.4. The smallest absolute Gasteiger partial charge is 0.378 e. The van der Waals surface area contributed by atoms with E-state index in [9.17, 15) is 18.0 Å². The molecule has 1 fully saturated rings. The highest BCUT2D eigenvalue weighted by atomic mass is 35.5. The largest absolute Gasteiger partial charge is 0.431 e. The molecule has 0 saturated carbocycles. The number of carbonyl (C=O) groups is 1. The molecule has 0 unspecified atom stereocenters. The Morgan fingerprint density at radius 2 is 1.82 bits per heavy atom. The molecular formula is C19H21ClF3N3O2. The Morgan fingerprint density at radius 1 is 1.21 bits per heavy atom. The van der Waals surface area contributed by atoms with E-state index in [1.54, 1.807) is 24.3 Å². The van der Waals surface area contributed by atoms with Gasteiger partial charge in [-0.2, -0.15) is 13.2 Å². The third-order valence-corrected chi connectivity index (χ3v) is 5.01. The van der Waals surface area contributed by atoms with E-state index in [0.29, 0.717) is 36.9 Å². The minimum absolute atomic E-state index is 0.000109. The summed E-state index contributed by atoms with van der Waals surface area (Å²) in [5.41, 5.74) is 5.50. The summed E-state index contributed by atoms with van der Waals surface area (Å²) in [4.78, 5) is 14.8. The first-order valence-electron chi connectivity index (χ1n) is 8.89. The zero-order valence-corrected chi connectivity index (χ0v) is 16.1. The van der Waals surface area contributed by atoms with Gasteiger partial charge in [0.15, 0.2) is 0 Å². The van der Waals surface area contributed by atoms with E-state index in [1.165, 1.54) is 11.8 Å². The molecule has 0 atom stereocenters. The second-order valence-electron chi connectivity index (χ2n) is 6.55. The molecule has 9 heteroatoms. The van der Waals surface area contributed by atoms with Crippen molar-refractivity contribution in [3.8, 4) is 11.1 Å². The summed E-state index contributed by atoms with van der Waals surface area (Å²) >= 11 is 5.93. The van der Waals surface area contributed by atoms with Gasteiger partial charge in [0.1, 0.15) is 11.4 Å². The SMILES string of the molecule is Cc1c(-c2ccc(Cl)cc2)c(C(=O)N2CCOCC2)n(CCN)c1C(F)(F)F. The Hall–Kier alpha value is -2.03. The first kappa shape index (κ1) is 20.7. The van der Waals surface area contributed by atoms with Crippen LogP contribution >= 0.6 is 11.6 Å². The van der Waals surface area contributed by atoms with Crippen LogP contribution in [0.25, 0.3) is 11.1 Å². The zero-order chi connectivity index (χ0) is 20.5. The van der Waals surface area contributed by atoms with Gasteiger partial charge in [0.2, 0.25) is 0 Å². The van der Waals surface area contributed by atoms with Crippen molar-refractivity contribution in [1.29, 1.82) is 0 Å². The predicted molar refractivity (Wildman–Crippen MR) is 100 cm³/mol. The van der Waals surface area contributed by atoms with Crippen molar-refractivity contribution < 1.29 is 22.7 Å². The molecule has 1 aromatic carbocycles. The first-order chi connectivity index (χ1) is 13.3. The molecule has 2 heterocycles. The minimum Gasteiger partial charge on any atom is -0.378 e. The molecule has 1 aliphatic heterocycles. The maximum Gasteiger partial charge on any atom is 0.431 e. The Labute approximate surface area is 165 Å². The van der Waals surface area contributed by atoms with Crippen LogP contribution < -0.4 is 5.73 Å². The van der Waals surface area contributed by atoms with E-state index >= 15 is 0 Å². The summed E-state index contributed by atoms with van der Waals surface area (Å²) in [6.07, 6.45) is -4.62. The van der Waals surface area contributed by atoms with Gasteiger partial charge in [-0.3, -0.25) is 4.79 Å². The van der Waals surface area contributed by atoms with E-state index in [-0.39, 0.29) is 29.9 Å². The molecule has 0 spiro atoms. The molecule has 5 nitrogen and oxygen atoms in total. The Bertz CT molecular complexity index is 857. The number of nitrogens with two attached hydrogens (primary N) is 1. The summed E-state index contributed by atoms with van der Waals surface area (Å²) in [6.45, 7) is 2.60. The molecule has 0 radical (unpaired) electrons. The summed E-state index contributed by atoms with van der Waals surface area (Å²) in [5, 5.41) is 0.458. The fourth-order valence-electron chi connectivity index (χ4n) is 3.57. The quantitative estimate of drug-likeness (QED) is 0.830. The standard InChI is InChI=1S/C19H21ClF3N3O2/c1-12-15(13-2-4-14(20)5-3-13)16(18(27)25-8-10-28-11-9-25)26(7-6-24)17(12)19(21,22)23/h2-5H,6-11,24H2,1H3. The van der Waals surface area contributed by atoms with Gasteiger partial charge in [0.25, 0.3) is 5.91 Å². The number of alkyl halides is 3. The van der Waals surface area contributed by atoms with Gasteiger partial charge in [0.05, 0.1) is 13.2 Å². The molecule has 1 saturated heterocycles. The number of hydrogen-bond acceptors (Lipinski definition) is 3. The second-order valence-corrected chi connectivity index (χ2v) is 6.98. The summed E-state index contributed by atoms with van der Waals surface area (Å²) in [7, 11) is 0. The van der Waals surface area contributed by atoms with Crippen molar-refractivity contribution in [1.82, 2.24) is 9.47 Å². The number of amides is 1. The van der Waals surface area contributed by atoms with E-state index in [2.05, 4.69) is 0 Å². The number of ether oxygens (including phenoxy) is 1.